The van der Waals surface area contributed by atoms with Gasteiger partial charge in [0, 0.05) is 19.0 Å². The van der Waals surface area contributed by atoms with Gasteiger partial charge in [-0.25, -0.2) is 9.80 Å². The van der Waals surface area contributed by atoms with Crippen molar-refractivity contribution in [2.24, 2.45) is 0 Å². The first-order valence-electron chi connectivity index (χ1n) is 5.28. The average Bonchev–Trinajstić information content (AvgIpc) is 2.29. The zero-order valence-electron chi connectivity index (χ0n) is 9.47. The van der Waals surface area contributed by atoms with Crippen LogP contribution in [-0.2, 0) is 0 Å². The molecule has 0 atom stereocenters. The monoisotopic (exact) mass is 234 g/mol. The fourth-order valence-electron chi connectivity index (χ4n) is 1.58. The molecule has 6 nitrogen and oxygen atoms in total. The topological polar surface area (TPSA) is 81.2 Å². The lowest BCUT2D eigenvalue weighted by atomic mass is 10.2. The van der Waals surface area contributed by atoms with Gasteiger partial charge in [-0.3, -0.25) is 0 Å². The number of nitrogens with zero attached hydrogens (tertiary/aromatic N) is 2. The Bertz CT molecular complexity index is 567. The van der Waals surface area contributed by atoms with Gasteiger partial charge >= 0.3 is 5.69 Å². The Morgan fingerprint density at radius 3 is 3.00 bits per heavy atom. The molecule has 0 aliphatic heterocycles. The van der Waals surface area contributed by atoms with Crippen LogP contribution >= 0.6 is 0 Å². The summed E-state index contributed by atoms with van der Waals surface area (Å²) in [6, 6.07) is 7.40. The molecule has 2 rings (SSSR count). The number of hydrogen-bond acceptors (Lipinski definition) is 5. The van der Waals surface area contributed by atoms with E-state index in [1.54, 1.807) is 12.1 Å². The molecule has 0 aliphatic rings. The van der Waals surface area contributed by atoms with E-state index in [0.717, 1.165) is 10.9 Å². The maximum absolute atomic E-state index is 11.4. The molecule has 3 N–H and O–H groups in total. The fraction of sp³-hybridized carbons (Fsp3) is 0.273. The summed E-state index contributed by atoms with van der Waals surface area (Å²) in [5.74, 6) is 0.486. The number of rotatable bonds is 4. The molecular formula is C11H14N4O2. The first kappa shape index (κ1) is 11.6. The van der Waals surface area contributed by atoms with E-state index in [1.165, 1.54) is 0 Å². The Morgan fingerprint density at radius 1 is 1.47 bits per heavy atom. The highest BCUT2D eigenvalue weighted by molar-refractivity contribution is 5.88. The summed E-state index contributed by atoms with van der Waals surface area (Å²) >= 11 is 0. The van der Waals surface area contributed by atoms with Crippen molar-refractivity contribution in [2.45, 2.75) is 0 Å². The SMILES string of the molecule is CN(CCO)Nc1nc(=O)[nH]c2ccccc12. The number of anilines is 1. The van der Waals surface area contributed by atoms with Crippen molar-refractivity contribution in [1.82, 2.24) is 15.0 Å². The van der Waals surface area contributed by atoms with E-state index in [4.69, 9.17) is 5.11 Å². The van der Waals surface area contributed by atoms with Gasteiger partial charge in [0.2, 0.25) is 0 Å². The number of hydrazine groups is 1. The summed E-state index contributed by atoms with van der Waals surface area (Å²) in [5, 5.41) is 11.3. The normalized spacial score (nSPS) is 11.0. The third kappa shape index (κ3) is 2.61. The summed E-state index contributed by atoms with van der Waals surface area (Å²) in [6.07, 6.45) is 0. The molecule has 0 amide bonds. The number of para-hydroxylation sites is 1. The van der Waals surface area contributed by atoms with Crippen LogP contribution in [0.4, 0.5) is 5.82 Å². The lowest BCUT2D eigenvalue weighted by Gasteiger charge is -2.17. The minimum atomic E-state index is -0.399. The minimum Gasteiger partial charge on any atom is -0.395 e. The van der Waals surface area contributed by atoms with Gasteiger partial charge in [-0.05, 0) is 12.1 Å². The van der Waals surface area contributed by atoms with Crippen LogP contribution in [0.25, 0.3) is 10.9 Å². The molecule has 17 heavy (non-hydrogen) atoms. The third-order valence-electron chi connectivity index (χ3n) is 2.37. The van der Waals surface area contributed by atoms with Crippen LogP contribution in [0.1, 0.15) is 0 Å². The predicted octanol–water partition coefficient (Wildman–Crippen LogP) is 0.174. The van der Waals surface area contributed by atoms with Crippen molar-refractivity contribution in [1.29, 1.82) is 0 Å². The van der Waals surface area contributed by atoms with Gasteiger partial charge in [0.15, 0.2) is 5.82 Å². The van der Waals surface area contributed by atoms with Crippen LogP contribution in [0.3, 0.4) is 0 Å². The van der Waals surface area contributed by atoms with Crippen molar-refractivity contribution in [3.63, 3.8) is 0 Å². The van der Waals surface area contributed by atoms with E-state index < -0.39 is 5.69 Å². The molecule has 0 saturated carbocycles. The van der Waals surface area contributed by atoms with E-state index in [-0.39, 0.29) is 6.61 Å². The Labute approximate surface area is 97.9 Å². The molecular weight excluding hydrogens is 220 g/mol. The van der Waals surface area contributed by atoms with Crippen LogP contribution in [0.2, 0.25) is 0 Å². The molecule has 0 bridgehead atoms. The highest BCUT2D eigenvalue weighted by atomic mass is 16.3. The summed E-state index contributed by atoms with van der Waals surface area (Å²) < 4.78 is 0. The molecule has 90 valence electrons. The molecule has 2 aromatic rings. The summed E-state index contributed by atoms with van der Waals surface area (Å²) in [7, 11) is 1.77. The molecule has 1 aromatic heterocycles. The predicted molar refractivity (Wildman–Crippen MR) is 65.7 cm³/mol. The summed E-state index contributed by atoms with van der Waals surface area (Å²) in [5.41, 5.74) is 3.30. The Kier molecular flexibility index (Phi) is 3.36. The van der Waals surface area contributed by atoms with E-state index in [0.29, 0.717) is 12.4 Å². The smallest absolute Gasteiger partial charge is 0.347 e. The molecule has 0 aliphatic carbocycles. The first-order chi connectivity index (χ1) is 8.20. The Morgan fingerprint density at radius 2 is 2.24 bits per heavy atom. The van der Waals surface area contributed by atoms with Crippen molar-refractivity contribution in [2.75, 3.05) is 25.6 Å². The number of aromatic nitrogens is 2. The molecule has 1 aromatic carbocycles. The zero-order valence-corrected chi connectivity index (χ0v) is 9.47. The standard InChI is InChI=1S/C11H14N4O2/c1-15(6-7-16)14-10-8-4-2-3-5-9(8)12-11(17)13-10/h2-5,16H,6-7H2,1H3,(H2,12,13,14,17). The number of likely N-dealkylation sites (N-methyl/N-ethyl adjacent to an activating group) is 1. The lowest BCUT2D eigenvalue weighted by Crippen LogP contribution is -2.30. The van der Waals surface area contributed by atoms with Gasteiger partial charge in [0.05, 0.1) is 12.1 Å². The van der Waals surface area contributed by atoms with Crippen LogP contribution in [0.5, 0.6) is 0 Å². The summed E-state index contributed by atoms with van der Waals surface area (Å²) in [6.45, 7) is 0.480. The lowest BCUT2D eigenvalue weighted by molar-refractivity contribution is 0.241. The molecule has 0 unspecified atom stereocenters. The van der Waals surface area contributed by atoms with Crippen molar-refractivity contribution < 1.29 is 5.11 Å². The van der Waals surface area contributed by atoms with Crippen molar-refractivity contribution in [3.05, 3.63) is 34.7 Å². The number of benzene rings is 1. The number of fused-ring (bicyclic) bond motifs is 1. The van der Waals surface area contributed by atoms with Gasteiger partial charge in [0.25, 0.3) is 0 Å². The molecule has 0 fully saturated rings. The molecule has 1 heterocycles. The molecule has 0 saturated heterocycles. The molecule has 0 spiro atoms. The van der Waals surface area contributed by atoms with Crippen molar-refractivity contribution >= 4 is 16.7 Å². The van der Waals surface area contributed by atoms with Crippen LogP contribution < -0.4 is 11.1 Å². The average molecular weight is 234 g/mol. The van der Waals surface area contributed by atoms with Crippen LogP contribution in [0, 0.1) is 0 Å². The fourth-order valence-corrected chi connectivity index (χ4v) is 1.58. The number of aromatic amines is 1. The van der Waals surface area contributed by atoms with Crippen LogP contribution in [-0.4, -0.2) is 40.3 Å². The molecule has 0 radical (unpaired) electrons. The van der Waals surface area contributed by atoms with Gasteiger partial charge in [0.1, 0.15) is 0 Å². The second-order valence-corrected chi connectivity index (χ2v) is 3.69. The van der Waals surface area contributed by atoms with Crippen LogP contribution in [0.15, 0.2) is 29.1 Å². The highest BCUT2D eigenvalue weighted by Crippen LogP contribution is 2.16. The minimum absolute atomic E-state index is 0.0324. The summed E-state index contributed by atoms with van der Waals surface area (Å²) in [4.78, 5) is 17.9. The largest absolute Gasteiger partial charge is 0.395 e. The Hall–Kier alpha value is -1.92. The van der Waals surface area contributed by atoms with E-state index >= 15 is 0 Å². The zero-order chi connectivity index (χ0) is 12.3. The maximum Gasteiger partial charge on any atom is 0.347 e. The van der Waals surface area contributed by atoms with Crippen molar-refractivity contribution in [3.8, 4) is 0 Å². The quantitative estimate of drug-likeness (QED) is 0.657. The maximum atomic E-state index is 11.4. The van der Waals surface area contributed by atoms with Gasteiger partial charge in [-0.15, -0.1) is 0 Å². The van der Waals surface area contributed by atoms with Gasteiger partial charge in [-0.2, -0.15) is 4.98 Å². The van der Waals surface area contributed by atoms with E-state index in [9.17, 15) is 4.79 Å². The number of aliphatic hydroxyl groups excluding tert-OH is 1. The Balaban J connectivity index is 2.42. The molecule has 6 heteroatoms. The third-order valence-corrected chi connectivity index (χ3v) is 2.37. The van der Waals surface area contributed by atoms with Gasteiger partial charge in [-0.1, -0.05) is 12.1 Å². The first-order valence-corrected chi connectivity index (χ1v) is 5.28. The number of aliphatic hydroxyl groups is 1. The number of nitrogens with one attached hydrogen (secondary N) is 2. The van der Waals surface area contributed by atoms with E-state index in [1.807, 2.05) is 24.3 Å². The highest BCUT2D eigenvalue weighted by Gasteiger charge is 2.05. The second-order valence-electron chi connectivity index (χ2n) is 3.69. The number of hydrogen-bond donors (Lipinski definition) is 3. The second kappa shape index (κ2) is 4.94. The van der Waals surface area contributed by atoms with Gasteiger partial charge < -0.3 is 15.5 Å². The number of H-pyrrole nitrogens is 1. The van der Waals surface area contributed by atoms with E-state index in [2.05, 4.69) is 15.4 Å².